The number of ketones is 3. The molecular formula is C69H93F3N4O13S. The first-order valence-corrected chi connectivity index (χ1v) is 32.4. The summed E-state index contributed by atoms with van der Waals surface area (Å²) in [6.07, 6.45) is 5.56. The lowest BCUT2D eigenvalue weighted by molar-refractivity contribution is -0.266. The second-order valence-corrected chi connectivity index (χ2v) is 26.1. The van der Waals surface area contributed by atoms with Gasteiger partial charge in [-0.15, -0.1) is 0 Å². The number of piperidine rings is 1. The number of benzene rings is 2. The highest BCUT2D eigenvalue weighted by atomic mass is 32.2. The van der Waals surface area contributed by atoms with Gasteiger partial charge in [0.25, 0.3) is 11.7 Å². The van der Waals surface area contributed by atoms with Crippen molar-refractivity contribution in [1.29, 1.82) is 5.26 Å². The van der Waals surface area contributed by atoms with E-state index in [-0.39, 0.29) is 78.1 Å². The number of nitrogens with one attached hydrogen (secondary N) is 1. The first-order chi connectivity index (χ1) is 42.7. The predicted molar refractivity (Wildman–Crippen MR) is 338 cm³/mol. The number of nitriles is 1. The van der Waals surface area contributed by atoms with E-state index in [0.29, 0.717) is 81.2 Å². The number of thioether (sulfide) groups is 1. The summed E-state index contributed by atoms with van der Waals surface area (Å²) >= 11 is 0.972. The number of rotatable bonds is 14. The van der Waals surface area contributed by atoms with Crippen molar-refractivity contribution >= 4 is 52.2 Å². The van der Waals surface area contributed by atoms with E-state index >= 15 is 0 Å². The number of methoxy groups -OCH3 is 2. The van der Waals surface area contributed by atoms with Gasteiger partial charge in [-0.3, -0.25) is 19.2 Å². The van der Waals surface area contributed by atoms with E-state index in [0.717, 1.165) is 34.0 Å². The Bertz CT molecular complexity index is 2980. The second-order valence-electron chi connectivity index (χ2n) is 25.0. The van der Waals surface area contributed by atoms with Crippen LogP contribution in [-0.2, 0) is 53.8 Å². The maximum absolute atomic E-state index is 14.6. The molecule has 1 unspecified atom stereocenters. The van der Waals surface area contributed by atoms with Crippen molar-refractivity contribution in [3.05, 3.63) is 112 Å². The van der Waals surface area contributed by atoms with Crippen molar-refractivity contribution in [3.8, 4) is 6.07 Å². The number of cyclic esters (lactones) is 1. The van der Waals surface area contributed by atoms with Gasteiger partial charge in [0, 0.05) is 80.7 Å². The average Bonchev–Trinajstić information content (AvgIpc) is 0.810. The van der Waals surface area contributed by atoms with Crippen LogP contribution < -0.4 is 11.1 Å². The maximum atomic E-state index is 14.6. The number of halogens is 3. The van der Waals surface area contributed by atoms with Crippen LogP contribution in [0.15, 0.2) is 106 Å². The Morgan fingerprint density at radius 3 is 2.32 bits per heavy atom. The molecule has 2 bridgehead atoms. The summed E-state index contributed by atoms with van der Waals surface area (Å²) in [4.78, 5) is 73.8. The van der Waals surface area contributed by atoms with E-state index in [4.69, 9.17) is 29.4 Å². The first kappa shape index (κ1) is 73.1. The number of fused-ring (bicyclic) bond motifs is 3. The summed E-state index contributed by atoms with van der Waals surface area (Å²) in [7, 11) is 2.91. The molecule has 2 saturated heterocycles. The average molecular weight is 1280 g/mol. The van der Waals surface area contributed by atoms with Gasteiger partial charge in [0.15, 0.2) is 5.78 Å². The zero-order valence-electron chi connectivity index (χ0n) is 53.4. The fraction of sp³-hybridized carbons (Fsp3) is 0.594. The summed E-state index contributed by atoms with van der Waals surface area (Å²) in [5.41, 5.74) is 6.56. The Labute approximate surface area is 532 Å². The largest absolute Gasteiger partial charge is 0.460 e. The van der Waals surface area contributed by atoms with Crippen LogP contribution in [0.2, 0.25) is 0 Å². The van der Waals surface area contributed by atoms with Crippen LogP contribution in [0.3, 0.4) is 0 Å². The fourth-order valence-corrected chi connectivity index (χ4v) is 13.4. The number of anilines is 1. The number of nitrogens with two attached hydrogens (primary N) is 1. The molecule has 1 aliphatic carbocycles. The van der Waals surface area contributed by atoms with Crippen LogP contribution in [0.4, 0.5) is 18.9 Å². The zero-order valence-corrected chi connectivity index (χ0v) is 54.2. The Morgan fingerprint density at radius 1 is 0.911 bits per heavy atom. The number of aliphatic hydroxyl groups excluding tert-OH is 2. The Balaban J connectivity index is 1.23. The molecule has 3 aliphatic heterocycles. The minimum Gasteiger partial charge on any atom is -0.460 e. The van der Waals surface area contributed by atoms with Gasteiger partial charge in [0.1, 0.15) is 36.2 Å². The second kappa shape index (κ2) is 34.1. The number of hydrogen-bond donors (Lipinski definition) is 5. The van der Waals surface area contributed by atoms with Crippen LogP contribution in [0.5, 0.6) is 0 Å². The van der Waals surface area contributed by atoms with E-state index < -0.39 is 102 Å². The SMILES string of the molecule is CO[C@@H]1C[C@@H](CC(C)[C@@H]2CC(=O)[C@H](C)/C=C(\C)[C@@H](O)[C@@H](OC)C(=O)[C@H](C)C[C@H](C)/C=C/C=C/C=C(/C)[C@H](OCCCNc3ccc(S/C(N)=C(\C#N)c4ccccc4C(F)(F)F)cc3)C[C@@H]3CC[C@@H](C)[C@@](O)(O3)C(=O)C(=O)N3CCCC[C@H]3C(=O)O2)CC[C@H]1O. The molecule has 3 heterocycles. The Kier molecular flexibility index (Phi) is 27.7. The molecule has 4 aliphatic rings. The van der Waals surface area contributed by atoms with Crippen LogP contribution in [0.25, 0.3) is 5.57 Å². The highest BCUT2D eigenvalue weighted by molar-refractivity contribution is 8.03. The summed E-state index contributed by atoms with van der Waals surface area (Å²) in [6.45, 7) is 13.2. The standard InChI is InChI=1S/C69H93F3N4O13S/c1-41-18-11-10-12-19-42(2)58(87-33-17-31-75-49-25-28-51(29-26-49)90-65(74)53(40-73)52-20-13-14-21-54(52)69(70,71)72)38-50-27-23-47(7)68(84,89-50)64(81)66(82)76-32-16-15-22-55(76)67(83)88-59(44(4)36-48-24-30-56(77)60(37-48)85-8)39-57(78)43(3)35-46(6)62(80)63(86-9)61(79)45(5)34-41/h10-14,18-21,25-26,28-29,35,41,43-45,47-48,50,55-56,58-60,62-63,75,77,80,84H,15-17,22-24,27,30-34,36-39,74H2,1-9H3/b12-10+,18-11+,42-19-,46-35+,65-53+/t41-,43-,44?,45-,47-,48-,50+,55+,56-,58-,59+,60-,62-,63+,68-/m1/s1. The lowest BCUT2D eigenvalue weighted by Crippen LogP contribution is -2.61. The van der Waals surface area contributed by atoms with E-state index in [1.54, 1.807) is 65.1 Å². The van der Waals surface area contributed by atoms with Crippen molar-refractivity contribution in [2.75, 3.05) is 39.2 Å². The van der Waals surface area contributed by atoms with Crippen LogP contribution in [0, 0.1) is 46.8 Å². The van der Waals surface area contributed by atoms with Crippen molar-refractivity contribution < 1.29 is 76.1 Å². The molecule has 0 radical (unpaired) electrons. The highest BCUT2D eigenvalue weighted by Crippen LogP contribution is 2.40. The highest BCUT2D eigenvalue weighted by Gasteiger charge is 2.53. The normalized spacial score (nSPS) is 32.8. The Hall–Kier alpha value is -5.96. The quantitative estimate of drug-likeness (QED) is 0.0294. The van der Waals surface area contributed by atoms with Crippen LogP contribution in [0.1, 0.15) is 143 Å². The molecule has 1 saturated carbocycles. The van der Waals surface area contributed by atoms with Crippen molar-refractivity contribution in [2.45, 2.75) is 198 Å². The summed E-state index contributed by atoms with van der Waals surface area (Å²) in [5, 5.41) is 47.6. The minimum absolute atomic E-state index is 0.0256. The lowest BCUT2D eigenvalue weighted by Gasteiger charge is -2.43. The number of amides is 1. The number of carbonyl (C=O) groups is 5. The molecule has 6 rings (SSSR count). The third kappa shape index (κ3) is 19.8. The molecule has 21 heteroatoms. The summed E-state index contributed by atoms with van der Waals surface area (Å²) in [6, 6.07) is 12.4. The minimum atomic E-state index is -4.68. The number of hydrogen-bond acceptors (Lipinski definition) is 17. The smallest absolute Gasteiger partial charge is 0.417 e. The molecule has 0 aromatic heterocycles. The van der Waals surface area contributed by atoms with Crippen molar-refractivity contribution in [1.82, 2.24) is 4.90 Å². The number of ether oxygens (including phenoxy) is 5. The molecule has 2 aromatic rings. The molecule has 1 amide bonds. The van der Waals surface area contributed by atoms with Gasteiger partial charge in [-0.05, 0) is 144 Å². The molecule has 6 N–H and O–H groups in total. The van der Waals surface area contributed by atoms with E-state index in [1.165, 1.54) is 25.3 Å². The number of nitrogens with zero attached hydrogens (tertiary/aromatic N) is 2. The number of allylic oxidation sites excluding steroid dienone is 7. The summed E-state index contributed by atoms with van der Waals surface area (Å²) in [5.74, 6) is -8.73. The first-order valence-electron chi connectivity index (χ1n) is 31.5. The molecule has 3 fully saturated rings. The summed E-state index contributed by atoms with van der Waals surface area (Å²) < 4.78 is 71.8. The van der Waals surface area contributed by atoms with Gasteiger partial charge < -0.3 is 55.0 Å². The molecule has 17 nitrogen and oxygen atoms in total. The predicted octanol–water partition coefficient (Wildman–Crippen LogP) is 11.0. The molecule has 15 atom stereocenters. The third-order valence-corrected chi connectivity index (χ3v) is 19.0. The van der Waals surface area contributed by atoms with Crippen molar-refractivity contribution in [3.63, 3.8) is 0 Å². The third-order valence-electron chi connectivity index (χ3n) is 18.1. The zero-order chi connectivity index (χ0) is 66.0. The van der Waals surface area contributed by atoms with Crippen molar-refractivity contribution in [2.24, 2.45) is 41.2 Å². The van der Waals surface area contributed by atoms with Gasteiger partial charge in [-0.25, -0.2) is 4.79 Å². The monoisotopic (exact) mass is 1270 g/mol. The van der Waals surface area contributed by atoms with Gasteiger partial charge in [0.05, 0.1) is 40.6 Å². The van der Waals surface area contributed by atoms with Gasteiger partial charge in [-0.1, -0.05) is 101 Å². The number of aliphatic hydroxyl groups is 3. The van der Waals surface area contributed by atoms with E-state index in [2.05, 4.69) is 5.32 Å². The number of esters is 1. The van der Waals surface area contributed by atoms with E-state index in [9.17, 15) is 57.7 Å². The van der Waals surface area contributed by atoms with E-state index in [1.807, 2.05) is 57.2 Å². The Morgan fingerprint density at radius 2 is 1.63 bits per heavy atom. The van der Waals surface area contributed by atoms with Gasteiger partial charge in [0.2, 0.25) is 5.79 Å². The van der Waals surface area contributed by atoms with Crippen LogP contribution in [-0.4, -0.2) is 138 Å². The number of alkyl halides is 3. The number of carbonyl (C=O) groups excluding carboxylic acids is 5. The number of Topliss-reactive ketones (excluding diaryl/α,β-unsaturated/α-hetero) is 3. The molecule has 0 spiro atoms. The van der Waals surface area contributed by atoms with Crippen LogP contribution >= 0.6 is 11.8 Å². The lowest BCUT2D eigenvalue weighted by atomic mass is 9.78. The fourth-order valence-electron chi connectivity index (χ4n) is 12.6. The topological polar surface area (TPSA) is 257 Å². The van der Waals surface area contributed by atoms with Gasteiger partial charge in [-0.2, -0.15) is 18.4 Å². The molecule has 90 heavy (non-hydrogen) atoms. The molecule has 2 aromatic carbocycles. The molecule has 494 valence electrons. The molecular weight excluding hydrogens is 1180 g/mol. The van der Waals surface area contributed by atoms with Gasteiger partial charge >= 0.3 is 12.1 Å². The maximum Gasteiger partial charge on any atom is 0.417 e.